The molecule has 2 rings (SSSR count). The van der Waals surface area contributed by atoms with Gasteiger partial charge in [0, 0.05) is 0 Å². The maximum Gasteiger partial charge on any atom is 0.294 e. The number of ether oxygens (including phenoxy) is 1. The van der Waals surface area contributed by atoms with Crippen molar-refractivity contribution in [2.24, 2.45) is 0 Å². The van der Waals surface area contributed by atoms with Crippen molar-refractivity contribution in [3.63, 3.8) is 0 Å². The number of hydrogen-bond donors (Lipinski definition) is 1. The van der Waals surface area contributed by atoms with E-state index in [1.54, 1.807) is 10.9 Å². The zero-order chi connectivity index (χ0) is 10.7. The molecule has 2 aromatic rings. The standard InChI is InChI=1S/C11H13N3O/c1-2-7-15-11(12)14-8-13-9-5-3-4-6-10(9)14/h3-6,8,12H,2,7H2,1H3. The average molecular weight is 203 g/mol. The minimum atomic E-state index is 0.130. The van der Waals surface area contributed by atoms with E-state index in [0.717, 1.165) is 17.5 Å². The Labute approximate surface area is 88.0 Å². The van der Waals surface area contributed by atoms with Crippen LogP contribution in [0.2, 0.25) is 0 Å². The molecule has 0 saturated heterocycles. The second-order valence-electron chi connectivity index (χ2n) is 3.26. The van der Waals surface area contributed by atoms with Crippen molar-refractivity contribution in [2.45, 2.75) is 13.3 Å². The highest BCUT2D eigenvalue weighted by molar-refractivity contribution is 5.87. The zero-order valence-electron chi connectivity index (χ0n) is 8.60. The Morgan fingerprint density at radius 3 is 3.07 bits per heavy atom. The monoisotopic (exact) mass is 203 g/mol. The van der Waals surface area contributed by atoms with E-state index in [2.05, 4.69) is 4.98 Å². The molecule has 1 aromatic carbocycles. The predicted octanol–water partition coefficient (Wildman–Crippen LogP) is 2.25. The summed E-state index contributed by atoms with van der Waals surface area (Å²) in [4.78, 5) is 4.19. The molecule has 4 nitrogen and oxygen atoms in total. The summed E-state index contributed by atoms with van der Waals surface area (Å²) in [5, 5.41) is 7.73. The molecule has 15 heavy (non-hydrogen) atoms. The van der Waals surface area contributed by atoms with Crippen molar-refractivity contribution < 1.29 is 4.74 Å². The van der Waals surface area contributed by atoms with Gasteiger partial charge in [0.2, 0.25) is 0 Å². The molecule has 0 aliphatic carbocycles. The van der Waals surface area contributed by atoms with E-state index in [0.29, 0.717) is 6.61 Å². The molecular weight excluding hydrogens is 190 g/mol. The second-order valence-corrected chi connectivity index (χ2v) is 3.26. The maximum atomic E-state index is 7.73. The van der Waals surface area contributed by atoms with Gasteiger partial charge < -0.3 is 4.74 Å². The molecule has 78 valence electrons. The van der Waals surface area contributed by atoms with Gasteiger partial charge in [0.05, 0.1) is 17.6 Å². The topological polar surface area (TPSA) is 50.9 Å². The fourth-order valence-electron chi connectivity index (χ4n) is 1.39. The Bertz CT molecular complexity index is 475. The number of para-hydroxylation sites is 2. The highest BCUT2D eigenvalue weighted by Gasteiger charge is 2.06. The summed E-state index contributed by atoms with van der Waals surface area (Å²) in [6.07, 6.45) is 2.51. The Morgan fingerprint density at radius 1 is 1.47 bits per heavy atom. The highest BCUT2D eigenvalue weighted by atomic mass is 16.5. The zero-order valence-corrected chi connectivity index (χ0v) is 8.60. The minimum absolute atomic E-state index is 0.130. The Morgan fingerprint density at radius 2 is 2.27 bits per heavy atom. The lowest BCUT2D eigenvalue weighted by molar-refractivity contribution is 0.289. The smallest absolute Gasteiger partial charge is 0.294 e. The van der Waals surface area contributed by atoms with Gasteiger partial charge >= 0.3 is 0 Å². The summed E-state index contributed by atoms with van der Waals surface area (Å²) < 4.78 is 6.89. The normalized spacial score (nSPS) is 10.5. The van der Waals surface area contributed by atoms with Crippen LogP contribution in [0.3, 0.4) is 0 Å². The second kappa shape index (κ2) is 4.13. The van der Waals surface area contributed by atoms with Crippen molar-refractivity contribution in [3.8, 4) is 0 Å². The van der Waals surface area contributed by atoms with E-state index >= 15 is 0 Å². The van der Waals surface area contributed by atoms with Crippen LogP contribution in [-0.4, -0.2) is 22.2 Å². The quantitative estimate of drug-likeness (QED) is 0.601. The van der Waals surface area contributed by atoms with Gasteiger partial charge in [0.25, 0.3) is 6.02 Å². The van der Waals surface area contributed by atoms with E-state index in [-0.39, 0.29) is 6.02 Å². The van der Waals surface area contributed by atoms with Gasteiger partial charge in [0.1, 0.15) is 6.33 Å². The van der Waals surface area contributed by atoms with Crippen LogP contribution in [-0.2, 0) is 4.74 Å². The number of benzene rings is 1. The Hall–Kier alpha value is -1.84. The summed E-state index contributed by atoms with van der Waals surface area (Å²) in [6, 6.07) is 7.82. The van der Waals surface area contributed by atoms with Crippen molar-refractivity contribution >= 4 is 17.1 Å². The summed E-state index contributed by atoms with van der Waals surface area (Å²) in [7, 11) is 0. The number of imidazole rings is 1. The third-order valence-electron chi connectivity index (χ3n) is 2.12. The van der Waals surface area contributed by atoms with Crippen molar-refractivity contribution in [2.75, 3.05) is 6.61 Å². The number of nitrogens with one attached hydrogen (secondary N) is 1. The fraction of sp³-hybridized carbons (Fsp3) is 0.273. The molecule has 0 bridgehead atoms. The highest BCUT2D eigenvalue weighted by Crippen LogP contribution is 2.11. The van der Waals surface area contributed by atoms with Crippen molar-refractivity contribution in [3.05, 3.63) is 30.6 Å². The first-order chi connectivity index (χ1) is 7.33. The molecule has 0 aliphatic heterocycles. The number of nitrogens with zero attached hydrogens (tertiary/aromatic N) is 2. The van der Waals surface area contributed by atoms with Gasteiger partial charge in [-0.25, -0.2) is 4.98 Å². The fourth-order valence-corrected chi connectivity index (χ4v) is 1.39. The van der Waals surface area contributed by atoms with Gasteiger partial charge in [-0.2, -0.15) is 0 Å². The van der Waals surface area contributed by atoms with Gasteiger partial charge in [-0.1, -0.05) is 19.1 Å². The molecule has 0 fully saturated rings. The van der Waals surface area contributed by atoms with Gasteiger partial charge in [-0.05, 0) is 18.6 Å². The summed E-state index contributed by atoms with van der Waals surface area (Å²) in [5.41, 5.74) is 1.78. The van der Waals surface area contributed by atoms with Crippen LogP contribution >= 0.6 is 0 Å². The van der Waals surface area contributed by atoms with E-state index < -0.39 is 0 Å². The van der Waals surface area contributed by atoms with Crippen molar-refractivity contribution in [1.29, 1.82) is 5.41 Å². The van der Waals surface area contributed by atoms with Crippen LogP contribution in [0, 0.1) is 5.41 Å². The lowest BCUT2D eigenvalue weighted by Crippen LogP contribution is -2.13. The maximum absolute atomic E-state index is 7.73. The minimum Gasteiger partial charge on any atom is -0.465 e. The lowest BCUT2D eigenvalue weighted by Gasteiger charge is -2.06. The third-order valence-corrected chi connectivity index (χ3v) is 2.12. The van der Waals surface area contributed by atoms with E-state index in [1.807, 2.05) is 31.2 Å². The molecule has 1 heterocycles. The van der Waals surface area contributed by atoms with Crippen molar-refractivity contribution in [1.82, 2.24) is 9.55 Å². The molecule has 0 amide bonds. The number of fused-ring (bicyclic) bond motifs is 1. The van der Waals surface area contributed by atoms with Gasteiger partial charge in [-0.3, -0.25) is 9.98 Å². The van der Waals surface area contributed by atoms with Crippen LogP contribution in [0.1, 0.15) is 13.3 Å². The molecule has 1 N–H and O–H groups in total. The lowest BCUT2D eigenvalue weighted by atomic mass is 10.3. The molecule has 0 radical (unpaired) electrons. The molecule has 0 saturated carbocycles. The van der Waals surface area contributed by atoms with E-state index in [9.17, 15) is 0 Å². The molecular formula is C11H13N3O. The Balaban J connectivity index is 2.31. The number of aromatic nitrogens is 2. The Kier molecular flexibility index (Phi) is 2.67. The molecule has 1 aromatic heterocycles. The van der Waals surface area contributed by atoms with Crippen LogP contribution in [0.15, 0.2) is 30.6 Å². The third kappa shape index (κ3) is 1.83. The summed E-state index contributed by atoms with van der Waals surface area (Å²) in [6.45, 7) is 2.57. The molecule has 0 unspecified atom stereocenters. The largest absolute Gasteiger partial charge is 0.465 e. The predicted molar refractivity (Wildman–Crippen MR) is 59.1 cm³/mol. The average Bonchev–Trinajstić information content (AvgIpc) is 2.69. The number of rotatable bonds is 2. The molecule has 0 atom stereocenters. The first kappa shape index (κ1) is 9.71. The van der Waals surface area contributed by atoms with Crippen LogP contribution in [0.25, 0.3) is 11.0 Å². The van der Waals surface area contributed by atoms with Crippen LogP contribution in [0.5, 0.6) is 0 Å². The van der Waals surface area contributed by atoms with Gasteiger partial charge in [0.15, 0.2) is 0 Å². The summed E-state index contributed by atoms with van der Waals surface area (Å²) in [5.74, 6) is 0. The van der Waals surface area contributed by atoms with Crippen LogP contribution < -0.4 is 0 Å². The first-order valence-corrected chi connectivity index (χ1v) is 4.96. The number of hydrogen-bond acceptors (Lipinski definition) is 3. The van der Waals surface area contributed by atoms with E-state index in [1.165, 1.54) is 0 Å². The summed E-state index contributed by atoms with van der Waals surface area (Å²) >= 11 is 0. The molecule has 0 aliphatic rings. The van der Waals surface area contributed by atoms with Gasteiger partial charge in [-0.15, -0.1) is 0 Å². The molecule has 4 heteroatoms. The molecule has 0 spiro atoms. The SMILES string of the molecule is CCCOC(=N)n1cnc2ccccc21. The first-order valence-electron chi connectivity index (χ1n) is 4.96. The van der Waals surface area contributed by atoms with Crippen LogP contribution in [0.4, 0.5) is 0 Å². The van der Waals surface area contributed by atoms with E-state index in [4.69, 9.17) is 10.1 Å².